The number of aryl methyl sites for hydroxylation is 1. The molecule has 0 bridgehead atoms. The van der Waals surface area contributed by atoms with Crippen LogP contribution in [-0.4, -0.2) is 0 Å². The van der Waals surface area contributed by atoms with Gasteiger partial charge in [0.2, 0.25) is 0 Å². The highest BCUT2D eigenvalue weighted by Gasteiger charge is 2.06. The topological polar surface area (TPSA) is 0 Å². The first-order valence-electron chi connectivity index (χ1n) is 5.26. The van der Waals surface area contributed by atoms with Crippen LogP contribution in [0.15, 0.2) is 24.3 Å². The summed E-state index contributed by atoms with van der Waals surface area (Å²) >= 11 is 0. The SMILES string of the molecule is [C]#CC(CCCC)c1ccc(C)cc1. The molecule has 0 spiro atoms. The van der Waals surface area contributed by atoms with E-state index in [-0.39, 0.29) is 5.92 Å². The van der Waals surface area contributed by atoms with E-state index in [9.17, 15) is 0 Å². The molecule has 0 fully saturated rings. The number of hydrogen-bond acceptors (Lipinski definition) is 0. The molecule has 1 radical (unpaired) electrons. The summed E-state index contributed by atoms with van der Waals surface area (Å²) in [6.07, 6.45) is 10.7. The summed E-state index contributed by atoms with van der Waals surface area (Å²) < 4.78 is 0. The number of unbranched alkanes of at least 4 members (excludes halogenated alkanes) is 1. The Balaban J connectivity index is 2.70. The van der Waals surface area contributed by atoms with Crippen molar-refractivity contribution in [3.05, 3.63) is 41.8 Å². The van der Waals surface area contributed by atoms with E-state index in [1.54, 1.807) is 0 Å². The summed E-state index contributed by atoms with van der Waals surface area (Å²) in [6.45, 7) is 4.26. The Bertz CT molecular complexity index is 300. The van der Waals surface area contributed by atoms with Gasteiger partial charge in [-0.2, -0.15) is 0 Å². The van der Waals surface area contributed by atoms with Crippen LogP contribution in [0.25, 0.3) is 0 Å². The third kappa shape index (κ3) is 2.92. The lowest BCUT2D eigenvalue weighted by molar-refractivity contribution is 0.675. The van der Waals surface area contributed by atoms with Crippen LogP contribution in [-0.2, 0) is 0 Å². The van der Waals surface area contributed by atoms with E-state index in [0.717, 1.165) is 6.42 Å². The van der Waals surface area contributed by atoms with Gasteiger partial charge in [0.05, 0.1) is 0 Å². The minimum absolute atomic E-state index is 0.190. The Morgan fingerprint density at radius 2 is 1.93 bits per heavy atom. The van der Waals surface area contributed by atoms with Gasteiger partial charge >= 0.3 is 0 Å². The maximum absolute atomic E-state index is 7.28. The van der Waals surface area contributed by atoms with Crippen molar-refractivity contribution in [3.8, 4) is 5.92 Å². The zero-order chi connectivity index (χ0) is 10.4. The molecule has 0 aromatic heterocycles. The second-order valence-corrected chi connectivity index (χ2v) is 3.75. The van der Waals surface area contributed by atoms with Gasteiger partial charge in [-0.1, -0.05) is 55.5 Å². The van der Waals surface area contributed by atoms with Crippen molar-refractivity contribution < 1.29 is 0 Å². The van der Waals surface area contributed by atoms with E-state index in [2.05, 4.69) is 44.0 Å². The molecular formula is C14H17. The van der Waals surface area contributed by atoms with E-state index in [4.69, 9.17) is 6.42 Å². The van der Waals surface area contributed by atoms with Crippen LogP contribution < -0.4 is 0 Å². The molecule has 0 aliphatic heterocycles. The Morgan fingerprint density at radius 3 is 2.43 bits per heavy atom. The number of rotatable bonds is 4. The average molecular weight is 185 g/mol. The molecule has 1 rings (SSSR count). The molecule has 0 aliphatic rings. The van der Waals surface area contributed by atoms with Gasteiger partial charge in [0.1, 0.15) is 0 Å². The smallest absolute Gasteiger partial charge is 0.0462 e. The molecule has 0 saturated carbocycles. The minimum Gasteiger partial charge on any atom is -0.0809 e. The average Bonchev–Trinajstić information content (AvgIpc) is 2.21. The van der Waals surface area contributed by atoms with Crippen molar-refractivity contribution in [1.82, 2.24) is 0 Å². The van der Waals surface area contributed by atoms with Gasteiger partial charge in [-0.15, -0.1) is 0 Å². The summed E-state index contributed by atoms with van der Waals surface area (Å²) in [5.74, 6) is 2.81. The highest BCUT2D eigenvalue weighted by Crippen LogP contribution is 2.21. The van der Waals surface area contributed by atoms with Gasteiger partial charge in [0.25, 0.3) is 0 Å². The maximum Gasteiger partial charge on any atom is 0.0462 e. The van der Waals surface area contributed by atoms with Crippen molar-refractivity contribution in [1.29, 1.82) is 0 Å². The largest absolute Gasteiger partial charge is 0.0809 e. The second kappa shape index (κ2) is 5.50. The van der Waals surface area contributed by atoms with Crippen molar-refractivity contribution in [2.24, 2.45) is 0 Å². The third-order valence-corrected chi connectivity index (χ3v) is 2.50. The molecule has 1 unspecified atom stereocenters. The zero-order valence-corrected chi connectivity index (χ0v) is 9.01. The number of benzene rings is 1. The Kier molecular flexibility index (Phi) is 4.26. The minimum atomic E-state index is 0.190. The molecule has 0 N–H and O–H groups in total. The number of hydrogen-bond donors (Lipinski definition) is 0. The lowest BCUT2D eigenvalue weighted by Crippen LogP contribution is -1.95. The predicted molar refractivity (Wildman–Crippen MR) is 60.6 cm³/mol. The van der Waals surface area contributed by atoms with Gasteiger partial charge in [0, 0.05) is 5.92 Å². The van der Waals surface area contributed by atoms with Gasteiger partial charge < -0.3 is 0 Å². The van der Waals surface area contributed by atoms with Crippen LogP contribution in [0.2, 0.25) is 0 Å². The monoisotopic (exact) mass is 185 g/mol. The fourth-order valence-electron chi connectivity index (χ4n) is 1.53. The summed E-state index contributed by atoms with van der Waals surface area (Å²) in [7, 11) is 0. The quantitative estimate of drug-likeness (QED) is 0.625. The fraction of sp³-hybridized carbons (Fsp3) is 0.429. The van der Waals surface area contributed by atoms with Crippen LogP contribution >= 0.6 is 0 Å². The highest BCUT2D eigenvalue weighted by atomic mass is 14.1. The maximum atomic E-state index is 7.28. The third-order valence-electron chi connectivity index (χ3n) is 2.50. The summed E-state index contributed by atoms with van der Waals surface area (Å²) in [5.41, 5.74) is 2.49. The first kappa shape index (κ1) is 10.9. The molecule has 0 nitrogen and oxygen atoms in total. The van der Waals surface area contributed by atoms with E-state index in [0.29, 0.717) is 0 Å². The van der Waals surface area contributed by atoms with Crippen molar-refractivity contribution in [2.75, 3.05) is 0 Å². The Morgan fingerprint density at radius 1 is 1.29 bits per heavy atom. The molecule has 0 heteroatoms. The molecule has 0 amide bonds. The van der Waals surface area contributed by atoms with Crippen molar-refractivity contribution >= 4 is 0 Å². The van der Waals surface area contributed by atoms with Crippen LogP contribution in [0.1, 0.15) is 43.2 Å². The molecule has 0 heterocycles. The van der Waals surface area contributed by atoms with Gasteiger partial charge in [-0.3, -0.25) is 0 Å². The standard InChI is InChI=1S/C14H17/c1-4-6-7-13(5-2)14-10-8-12(3)9-11-14/h8-11,13H,4,6-7H2,1,3H3. The van der Waals surface area contributed by atoms with E-state index in [1.165, 1.54) is 24.0 Å². The Hall–Kier alpha value is -1.22. The van der Waals surface area contributed by atoms with Crippen LogP contribution in [0.3, 0.4) is 0 Å². The van der Waals surface area contributed by atoms with E-state index in [1.807, 2.05) is 0 Å². The lowest BCUT2D eigenvalue weighted by atomic mass is 9.94. The first-order valence-corrected chi connectivity index (χ1v) is 5.26. The van der Waals surface area contributed by atoms with E-state index < -0.39 is 0 Å². The second-order valence-electron chi connectivity index (χ2n) is 3.75. The van der Waals surface area contributed by atoms with Gasteiger partial charge in [-0.05, 0) is 25.3 Å². The van der Waals surface area contributed by atoms with Crippen LogP contribution in [0.5, 0.6) is 0 Å². The molecule has 1 aromatic rings. The Labute approximate surface area is 87.4 Å². The molecule has 73 valence electrons. The molecular weight excluding hydrogens is 168 g/mol. The van der Waals surface area contributed by atoms with Crippen LogP contribution in [0, 0.1) is 19.3 Å². The molecule has 0 aliphatic carbocycles. The fourth-order valence-corrected chi connectivity index (χ4v) is 1.53. The molecule has 14 heavy (non-hydrogen) atoms. The van der Waals surface area contributed by atoms with Gasteiger partial charge in [0.15, 0.2) is 0 Å². The molecule has 1 aromatic carbocycles. The normalized spacial score (nSPS) is 12.1. The highest BCUT2D eigenvalue weighted by molar-refractivity contribution is 5.28. The summed E-state index contributed by atoms with van der Waals surface area (Å²) in [4.78, 5) is 0. The summed E-state index contributed by atoms with van der Waals surface area (Å²) in [6, 6.07) is 8.42. The first-order chi connectivity index (χ1) is 6.77. The van der Waals surface area contributed by atoms with Crippen molar-refractivity contribution in [3.63, 3.8) is 0 Å². The van der Waals surface area contributed by atoms with Crippen molar-refractivity contribution in [2.45, 2.75) is 39.0 Å². The van der Waals surface area contributed by atoms with E-state index >= 15 is 0 Å². The predicted octanol–water partition coefficient (Wildman–Crippen LogP) is 3.86. The molecule has 0 saturated heterocycles. The van der Waals surface area contributed by atoms with Crippen LogP contribution in [0.4, 0.5) is 0 Å². The summed E-state index contributed by atoms with van der Waals surface area (Å²) in [5, 5.41) is 0. The molecule has 1 atom stereocenters. The lowest BCUT2D eigenvalue weighted by Gasteiger charge is -2.10. The zero-order valence-electron chi connectivity index (χ0n) is 9.01. The van der Waals surface area contributed by atoms with Gasteiger partial charge in [-0.25, -0.2) is 0 Å².